The van der Waals surface area contributed by atoms with Gasteiger partial charge in [-0.25, -0.2) is 4.98 Å². The van der Waals surface area contributed by atoms with Crippen LogP contribution in [0.15, 0.2) is 106 Å². The van der Waals surface area contributed by atoms with E-state index in [0.29, 0.717) is 28.3 Å². The Morgan fingerprint density at radius 1 is 0.680 bits per heavy atom. The van der Waals surface area contributed by atoms with Gasteiger partial charge in [-0.3, -0.25) is 4.99 Å². The van der Waals surface area contributed by atoms with Crippen molar-refractivity contribution >= 4 is 23.0 Å². The smallest absolute Gasteiger partial charge is 0.229 e. The van der Waals surface area contributed by atoms with E-state index in [1.54, 1.807) is 6.21 Å². The normalized spacial score (nSPS) is 12.5. The molecule has 0 aliphatic heterocycles. The number of benzene rings is 5. The number of para-hydroxylation sites is 1. The van der Waals surface area contributed by atoms with Gasteiger partial charge in [0, 0.05) is 22.9 Å². The minimum absolute atomic E-state index is 0.0973. The van der Waals surface area contributed by atoms with Gasteiger partial charge in [0.2, 0.25) is 5.89 Å². The van der Waals surface area contributed by atoms with Gasteiger partial charge in [0.25, 0.3) is 0 Å². The Kier molecular flexibility index (Phi) is 8.78. The Bertz CT molecular complexity index is 2260. The molecule has 0 spiro atoms. The third-order valence-electron chi connectivity index (χ3n) is 9.19. The minimum Gasteiger partial charge on any atom is -0.507 e. The molecule has 0 unspecified atom stereocenters. The molecule has 1 N–H and O–H groups in total. The summed E-state index contributed by atoms with van der Waals surface area (Å²) in [6, 6.07) is 34.5. The molecule has 1 aromatic heterocycles. The minimum atomic E-state index is -0.238. The zero-order valence-corrected chi connectivity index (χ0v) is 30.5. The lowest BCUT2D eigenvalue weighted by atomic mass is 9.79. The van der Waals surface area contributed by atoms with Crippen LogP contribution >= 0.6 is 0 Å². The highest BCUT2D eigenvalue weighted by atomic mass is 16.3. The molecule has 0 saturated heterocycles. The number of nitrogens with zero attached hydrogens (tertiary/aromatic N) is 3. The van der Waals surface area contributed by atoms with Crippen LogP contribution in [0.3, 0.4) is 0 Å². The Hall–Kier alpha value is -5.47. The van der Waals surface area contributed by atoms with Crippen molar-refractivity contribution in [3.63, 3.8) is 0 Å². The summed E-state index contributed by atoms with van der Waals surface area (Å²) in [6.45, 7) is 19.5. The molecule has 0 atom stereocenters. The maximum atomic E-state index is 11.4. The number of phenolic OH excluding ortho intramolecular Hbond substituents is 1. The lowest BCUT2D eigenvalue weighted by Crippen LogP contribution is -2.17. The van der Waals surface area contributed by atoms with Gasteiger partial charge in [-0.1, -0.05) is 117 Å². The summed E-state index contributed by atoms with van der Waals surface area (Å²) in [7, 11) is 0. The molecular formula is C45H45N3O2. The predicted octanol–water partition coefficient (Wildman–Crippen LogP) is 12.0. The number of nitriles is 1. The second-order valence-corrected chi connectivity index (χ2v) is 16.1. The van der Waals surface area contributed by atoms with E-state index in [9.17, 15) is 10.4 Å². The molecule has 0 bridgehead atoms. The number of aromatic hydroxyl groups is 1. The Balaban J connectivity index is 1.44. The molecule has 6 aromatic rings. The summed E-state index contributed by atoms with van der Waals surface area (Å²) in [4.78, 5) is 10.0. The number of aromatic nitrogens is 1. The number of rotatable bonds is 5. The van der Waals surface area contributed by atoms with Crippen molar-refractivity contribution in [2.45, 2.75) is 78.6 Å². The van der Waals surface area contributed by atoms with Crippen LogP contribution < -0.4 is 0 Å². The number of hydrogen-bond acceptors (Lipinski definition) is 5. The summed E-state index contributed by atoms with van der Waals surface area (Å²) in [5, 5.41) is 20.6. The first-order valence-corrected chi connectivity index (χ1v) is 17.1. The molecule has 0 aliphatic rings. The molecular weight excluding hydrogens is 615 g/mol. The van der Waals surface area contributed by atoms with Crippen LogP contribution in [-0.2, 0) is 16.2 Å². The van der Waals surface area contributed by atoms with Gasteiger partial charge < -0.3 is 9.52 Å². The van der Waals surface area contributed by atoms with Crippen LogP contribution in [-0.4, -0.2) is 16.3 Å². The molecule has 0 saturated carbocycles. The Labute approximate surface area is 296 Å². The molecule has 6 rings (SSSR count). The van der Waals surface area contributed by atoms with E-state index < -0.39 is 0 Å². The molecule has 0 radical (unpaired) electrons. The van der Waals surface area contributed by atoms with Crippen LogP contribution in [0.25, 0.3) is 44.8 Å². The average Bonchev–Trinajstić information content (AvgIpc) is 3.50. The van der Waals surface area contributed by atoms with Crippen LogP contribution in [0.1, 0.15) is 90.1 Å². The quantitative estimate of drug-likeness (QED) is 0.187. The summed E-state index contributed by atoms with van der Waals surface area (Å²) >= 11 is 0. The summed E-state index contributed by atoms with van der Waals surface area (Å²) in [5.41, 5.74) is 11.2. The zero-order chi connectivity index (χ0) is 36.0. The van der Waals surface area contributed by atoms with Crippen molar-refractivity contribution in [2.24, 2.45) is 4.99 Å². The second kappa shape index (κ2) is 12.8. The number of aliphatic imine (C=N–C) groups is 1. The van der Waals surface area contributed by atoms with Gasteiger partial charge in [-0.15, -0.1) is 0 Å². The Morgan fingerprint density at radius 2 is 1.26 bits per heavy atom. The first-order chi connectivity index (χ1) is 23.5. The fourth-order valence-electron chi connectivity index (χ4n) is 6.04. The van der Waals surface area contributed by atoms with E-state index in [4.69, 9.17) is 14.4 Å². The van der Waals surface area contributed by atoms with Crippen molar-refractivity contribution in [3.05, 3.63) is 125 Å². The van der Waals surface area contributed by atoms with Gasteiger partial charge in [-0.2, -0.15) is 5.26 Å². The summed E-state index contributed by atoms with van der Waals surface area (Å²) in [5.74, 6) is 0.732. The highest BCUT2D eigenvalue weighted by Crippen LogP contribution is 2.40. The lowest BCUT2D eigenvalue weighted by Gasteiger charge is -2.27. The van der Waals surface area contributed by atoms with Crippen LogP contribution in [0.4, 0.5) is 5.69 Å². The van der Waals surface area contributed by atoms with E-state index in [1.807, 2.05) is 54.6 Å². The average molecular weight is 660 g/mol. The van der Waals surface area contributed by atoms with E-state index in [0.717, 1.165) is 50.0 Å². The molecule has 0 fully saturated rings. The molecule has 0 amide bonds. The topological polar surface area (TPSA) is 82.4 Å². The molecule has 0 aliphatic carbocycles. The number of hydrogen-bond donors (Lipinski definition) is 1. The van der Waals surface area contributed by atoms with Crippen LogP contribution in [0.5, 0.6) is 5.75 Å². The van der Waals surface area contributed by atoms with Gasteiger partial charge in [0.1, 0.15) is 11.3 Å². The van der Waals surface area contributed by atoms with Crippen molar-refractivity contribution < 1.29 is 9.52 Å². The zero-order valence-electron chi connectivity index (χ0n) is 30.5. The largest absolute Gasteiger partial charge is 0.507 e. The summed E-state index contributed by atoms with van der Waals surface area (Å²) in [6.07, 6.45) is 1.75. The monoisotopic (exact) mass is 659 g/mol. The van der Waals surface area contributed by atoms with E-state index >= 15 is 0 Å². The first-order valence-electron chi connectivity index (χ1n) is 17.1. The fraction of sp³-hybridized carbons (Fsp3) is 0.267. The number of oxazole rings is 1. The highest BCUT2D eigenvalue weighted by Gasteiger charge is 2.25. The van der Waals surface area contributed by atoms with Crippen molar-refractivity contribution in [1.29, 1.82) is 5.26 Å². The SMILES string of the molecule is CC(C)(C)c1cc(C=Nc2ccccc2-c2nc3c(-c4ccc(-c5ccc(C#N)cc5)cc4)cc(C(C)(C)C)cc3o2)c(O)c(C(C)(C)C)c1. The predicted molar refractivity (Wildman–Crippen MR) is 206 cm³/mol. The van der Waals surface area contributed by atoms with Crippen molar-refractivity contribution in [1.82, 2.24) is 4.98 Å². The van der Waals surface area contributed by atoms with Crippen LogP contribution in [0.2, 0.25) is 0 Å². The molecule has 252 valence electrons. The Morgan fingerprint density at radius 3 is 1.86 bits per heavy atom. The maximum Gasteiger partial charge on any atom is 0.229 e. The number of fused-ring (bicyclic) bond motifs is 1. The van der Waals surface area contributed by atoms with Gasteiger partial charge in [0.05, 0.1) is 22.9 Å². The van der Waals surface area contributed by atoms with E-state index in [-0.39, 0.29) is 22.0 Å². The van der Waals surface area contributed by atoms with Crippen LogP contribution in [0, 0.1) is 11.3 Å². The second-order valence-electron chi connectivity index (χ2n) is 16.1. The molecule has 50 heavy (non-hydrogen) atoms. The highest BCUT2D eigenvalue weighted by molar-refractivity contribution is 5.94. The van der Waals surface area contributed by atoms with E-state index in [2.05, 4.69) is 111 Å². The maximum absolute atomic E-state index is 11.4. The summed E-state index contributed by atoms with van der Waals surface area (Å²) < 4.78 is 6.55. The molecule has 5 aromatic carbocycles. The third kappa shape index (κ3) is 6.98. The standard InChI is InChI=1S/C45H45N3O2/c1-43(2,3)33-22-32(41(49)37(24-33)45(7,8)9)27-47-38-13-11-10-12-35(38)42-48-40-36(23-34(44(4,5)6)25-39(40)50-42)31-20-18-30(19-21-31)29-16-14-28(26-46)15-17-29/h10-25,27,49H,1-9H3. The molecule has 5 nitrogen and oxygen atoms in total. The van der Waals surface area contributed by atoms with Gasteiger partial charge >= 0.3 is 0 Å². The van der Waals surface area contributed by atoms with Crippen molar-refractivity contribution in [2.75, 3.05) is 0 Å². The first kappa shape index (κ1) is 34.4. The van der Waals surface area contributed by atoms with Gasteiger partial charge in [-0.05, 0) is 86.5 Å². The van der Waals surface area contributed by atoms with Crippen molar-refractivity contribution in [3.8, 4) is 45.5 Å². The fourth-order valence-corrected chi connectivity index (χ4v) is 6.04. The molecule has 5 heteroatoms. The lowest BCUT2D eigenvalue weighted by molar-refractivity contribution is 0.444. The van der Waals surface area contributed by atoms with Gasteiger partial charge in [0.15, 0.2) is 5.58 Å². The third-order valence-corrected chi connectivity index (χ3v) is 9.19. The molecule has 1 heterocycles. The number of phenols is 1. The van der Waals surface area contributed by atoms with E-state index in [1.165, 1.54) is 0 Å².